The van der Waals surface area contributed by atoms with E-state index in [1.807, 2.05) is 0 Å². The minimum Gasteiger partial charge on any atom is -0.467 e. The highest BCUT2D eigenvalue weighted by atomic mass is 32.2. The quantitative estimate of drug-likeness (QED) is 0.559. The molecule has 2 amide bonds. The first kappa shape index (κ1) is 22.3. The van der Waals surface area contributed by atoms with Crippen LogP contribution in [0.25, 0.3) is 0 Å². The molecule has 2 N–H and O–H groups in total. The van der Waals surface area contributed by atoms with Crippen molar-refractivity contribution in [3.05, 3.63) is 89.9 Å². The first-order chi connectivity index (χ1) is 14.8. The zero-order chi connectivity index (χ0) is 22.4. The van der Waals surface area contributed by atoms with Crippen LogP contribution in [0.5, 0.6) is 0 Å². The van der Waals surface area contributed by atoms with Crippen LogP contribution >= 0.6 is 0 Å². The van der Waals surface area contributed by atoms with E-state index in [-0.39, 0.29) is 17.8 Å². The van der Waals surface area contributed by atoms with Crippen molar-refractivity contribution >= 4 is 27.5 Å². The predicted octanol–water partition coefficient (Wildman–Crippen LogP) is 2.78. The van der Waals surface area contributed by atoms with Crippen molar-refractivity contribution in [2.45, 2.75) is 12.6 Å². The van der Waals surface area contributed by atoms with Crippen LogP contribution in [0.15, 0.2) is 77.4 Å². The van der Waals surface area contributed by atoms with Crippen molar-refractivity contribution in [2.24, 2.45) is 0 Å². The second-order valence-electron chi connectivity index (χ2n) is 6.89. The van der Waals surface area contributed by atoms with Gasteiger partial charge in [0.1, 0.15) is 11.8 Å². The summed E-state index contributed by atoms with van der Waals surface area (Å²) in [5.74, 6) is -0.390. The molecule has 3 rings (SSSR count). The molecule has 0 radical (unpaired) electrons. The van der Waals surface area contributed by atoms with Gasteiger partial charge < -0.3 is 15.1 Å². The lowest BCUT2D eigenvalue weighted by molar-refractivity contribution is -0.119. The maximum absolute atomic E-state index is 13.2. The Morgan fingerprint density at radius 2 is 1.68 bits per heavy atom. The third kappa shape index (κ3) is 5.59. The number of hydrogen-bond acceptors (Lipinski definition) is 5. The summed E-state index contributed by atoms with van der Waals surface area (Å²) in [6.07, 6.45) is 2.55. The van der Waals surface area contributed by atoms with E-state index < -0.39 is 27.9 Å². The van der Waals surface area contributed by atoms with E-state index in [4.69, 9.17) is 4.42 Å². The largest absolute Gasteiger partial charge is 0.467 e. The summed E-state index contributed by atoms with van der Waals surface area (Å²) in [5, 5.41) is 5.44. The third-order valence-corrected chi connectivity index (χ3v) is 5.94. The van der Waals surface area contributed by atoms with Gasteiger partial charge in [0.15, 0.2) is 0 Å². The number of carbonyl (C=O) groups excluding carboxylic acids is 2. The fourth-order valence-electron chi connectivity index (χ4n) is 3.02. The van der Waals surface area contributed by atoms with E-state index in [0.717, 1.165) is 10.6 Å². The van der Waals surface area contributed by atoms with Gasteiger partial charge >= 0.3 is 0 Å². The molecule has 8 nitrogen and oxygen atoms in total. The highest BCUT2D eigenvalue weighted by Gasteiger charge is 2.31. The minimum atomic E-state index is -3.66. The molecule has 0 aliphatic rings. The predicted molar refractivity (Wildman–Crippen MR) is 117 cm³/mol. The van der Waals surface area contributed by atoms with Gasteiger partial charge in [-0.15, -0.1) is 0 Å². The SMILES string of the molecule is CN(C(C(=O)Nc1ccccc1C(=O)NCc1ccco1)c1ccccc1)S(C)(=O)=O. The van der Waals surface area contributed by atoms with Crippen molar-refractivity contribution in [2.75, 3.05) is 18.6 Å². The van der Waals surface area contributed by atoms with E-state index >= 15 is 0 Å². The molecule has 1 atom stereocenters. The summed E-state index contributed by atoms with van der Waals surface area (Å²) < 4.78 is 30.5. The maximum Gasteiger partial charge on any atom is 0.253 e. The van der Waals surface area contributed by atoms with Gasteiger partial charge in [0, 0.05) is 7.05 Å². The Labute approximate surface area is 180 Å². The van der Waals surface area contributed by atoms with Crippen molar-refractivity contribution in [3.63, 3.8) is 0 Å². The molecule has 1 unspecified atom stereocenters. The molecule has 0 aliphatic heterocycles. The Morgan fingerprint density at radius 3 is 2.32 bits per heavy atom. The van der Waals surface area contributed by atoms with E-state index in [1.54, 1.807) is 66.7 Å². The molecule has 2 aromatic carbocycles. The monoisotopic (exact) mass is 441 g/mol. The fourth-order valence-corrected chi connectivity index (χ4v) is 3.62. The number of benzene rings is 2. The molecule has 9 heteroatoms. The van der Waals surface area contributed by atoms with Gasteiger partial charge in [-0.25, -0.2) is 8.42 Å². The van der Waals surface area contributed by atoms with Gasteiger partial charge in [0.2, 0.25) is 15.9 Å². The molecular formula is C22H23N3O5S. The Balaban J connectivity index is 1.84. The number of amides is 2. The van der Waals surface area contributed by atoms with Gasteiger partial charge in [-0.05, 0) is 29.8 Å². The Morgan fingerprint density at radius 1 is 1.00 bits per heavy atom. The number of anilines is 1. The Bertz CT molecular complexity index is 1140. The first-order valence-electron chi connectivity index (χ1n) is 9.46. The number of para-hydroxylation sites is 1. The van der Waals surface area contributed by atoms with Crippen molar-refractivity contribution in [1.82, 2.24) is 9.62 Å². The second-order valence-corrected chi connectivity index (χ2v) is 8.93. The smallest absolute Gasteiger partial charge is 0.253 e. The van der Waals surface area contributed by atoms with Gasteiger partial charge in [0.05, 0.1) is 30.3 Å². The fraction of sp³-hybridized carbons (Fsp3) is 0.182. The number of carbonyl (C=O) groups is 2. The summed E-state index contributed by atoms with van der Waals surface area (Å²) in [5.41, 5.74) is 1.02. The van der Waals surface area contributed by atoms with Crippen LogP contribution in [0.2, 0.25) is 0 Å². The average molecular weight is 442 g/mol. The zero-order valence-electron chi connectivity index (χ0n) is 17.1. The van der Waals surface area contributed by atoms with Gasteiger partial charge in [0.25, 0.3) is 5.91 Å². The number of nitrogens with one attached hydrogen (secondary N) is 2. The zero-order valence-corrected chi connectivity index (χ0v) is 17.9. The van der Waals surface area contributed by atoms with Crippen LogP contribution in [0, 0.1) is 0 Å². The van der Waals surface area contributed by atoms with Crippen LogP contribution in [0.3, 0.4) is 0 Å². The second kappa shape index (κ2) is 9.59. The summed E-state index contributed by atoms with van der Waals surface area (Å²) in [6.45, 7) is 0.192. The molecule has 0 fully saturated rings. The highest BCUT2D eigenvalue weighted by molar-refractivity contribution is 7.88. The van der Waals surface area contributed by atoms with E-state index in [9.17, 15) is 18.0 Å². The van der Waals surface area contributed by atoms with Gasteiger partial charge in [-0.2, -0.15) is 4.31 Å². The van der Waals surface area contributed by atoms with E-state index in [2.05, 4.69) is 10.6 Å². The van der Waals surface area contributed by atoms with Crippen LogP contribution in [-0.2, 0) is 21.4 Å². The Kier molecular flexibility index (Phi) is 6.88. The molecule has 1 heterocycles. The van der Waals surface area contributed by atoms with E-state index in [0.29, 0.717) is 11.3 Å². The first-order valence-corrected chi connectivity index (χ1v) is 11.3. The molecule has 162 valence electrons. The minimum absolute atomic E-state index is 0.192. The van der Waals surface area contributed by atoms with Crippen LogP contribution < -0.4 is 10.6 Å². The molecule has 0 bridgehead atoms. The lowest BCUT2D eigenvalue weighted by Gasteiger charge is -2.26. The lowest BCUT2D eigenvalue weighted by Crippen LogP contribution is -2.38. The maximum atomic E-state index is 13.2. The molecule has 31 heavy (non-hydrogen) atoms. The Hall–Kier alpha value is -3.43. The average Bonchev–Trinajstić information content (AvgIpc) is 3.26. The molecule has 0 spiro atoms. The molecule has 1 aromatic heterocycles. The summed E-state index contributed by atoms with van der Waals surface area (Å²) in [6, 6.07) is 17.4. The number of hydrogen-bond donors (Lipinski definition) is 2. The normalized spacial score (nSPS) is 12.4. The topological polar surface area (TPSA) is 109 Å². The summed E-state index contributed by atoms with van der Waals surface area (Å²) in [7, 11) is -2.32. The van der Waals surface area contributed by atoms with Crippen LogP contribution in [0.4, 0.5) is 5.69 Å². The van der Waals surface area contributed by atoms with Gasteiger partial charge in [-0.3, -0.25) is 9.59 Å². The standard InChI is InChI=1S/C22H23N3O5S/c1-25(31(2,28)29)20(16-9-4-3-5-10-16)22(27)24-19-13-7-6-12-18(19)21(26)23-15-17-11-8-14-30-17/h3-14,20H,15H2,1-2H3,(H,23,26)(H,24,27). The molecule has 3 aromatic rings. The highest BCUT2D eigenvalue weighted by Crippen LogP contribution is 2.25. The van der Waals surface area contributed by atoms with Gasteiger partial charge in [-0.1, -0.05) is 42.5 Å². The number of furan rings is 1. The molecule has 0 saturated heterocycles. The third-order valence-electron chi connectivity index (χ3n) is 4.68. The lowest BCUT2D eigenvalue weighted by atomic mass is 10.1. The number of likely N-dealkylation sites (N-methyl/N-ethyl adjacent to an activating group) is 1. The van der Waals surface area contributed by atoms with Crippen LogP contribution in [-0.4, -0.2) is 37.8 Å². The molecule has 0 saturated carbocycles. The van der Waals surface area contributed by atoms with E-state index in [1.165, 1.54) is 13.3 Å². The van der Waals surface area contributed by atoms with Crippen molar-refractivity contribution < 1.29 is 22.4 Å². The summed E-state index contributed by atoms with van der Waals surface area (Å²) >= 11 is 0. The van der Waals surface area contributed by atoms with Crippen molar-refractivity contribution in [3.8, 4) is 0 Å². The van der Waals surface area contributed by atoms with Crippen molar-refractivity contribution in [1.29, 1.82) is 0 Å². The number of nitrogens with zero attached hydrogens (tertiary/aromatic N) is 1. The summed E-state index contributed by atoms with van der Waals surface area (Å²) in [4.78, 5) is 25.8. The molecular weight excluding hydrogens is 418 g/mol. The number of sulfonamides is 1. The number of rotatable bonds is 8. The molecule has 0 aliphatic carbocycles. The van der Waals surface area contributed by atoms with Crippen LogP contribution in [0.1, 0.15) is 27.7 Å².